The van der Waals surface area contributed by atoms with Crippen LogP contribution in [0.1, 0.15) is 34.6 Å². The van der Waals surface area contributed by atoms with E-state index in [1.807, 2.05) is 50.2 Å². The van der Waals surface area contributed by atoms with E-state index in [1.54, 1.807) is 32.9 Å². The van der Waals surface area contributed by atoms with Gasteiger partial charge in [-0.2, -0.15) is 0 Å². The summed E-state index contributed by atoms with van der Waals surface area (Å²) < 4.78 is 28.5. The van der Waals surface area contributed by atoms with Crippen LogP contribution in [-0.2, 0) is 23.8 Å². The van der Waals surface area contributed by atoms with Crippen molar-refractivity contribution in [2.24, 2.45) is 11.3 Å². The Balaban J connectivity index is 1.63. The predicted molar refractivity (Wildman–Crippen MR) is 132 cm³/mol. The summed E-state index contributed by atoms with van der Waals surface area (Å²) in [6.07, 6.45) is 0. The van der Waals surface area contributed by atoms with Crippen LogP contribution in [0.5, 0.6) is 11.5 Å². The van der Waals surface area contributed by atoms with Gasteiger partial charge in [0.15, 0.2) is 5.79 Å². The lowest BCUT2D eigenvalue weighted by atomic mass is 9.90. The van der Waals surface area contributed by atoms with Crippen LogP contribution >= 0.6 is 0 Å². The molecule has 3 rings (SSSR count). The van der Waals surface area contributed by atoms with Crippen LogP contribution in [0.15, 0.2) is 60.7 Å². The Labute approximate surface area is 207 Å². The zero-order valence-corrected chi connectivity index (χ0v) is 21.1. The van der Waals surface area contributed by atoms with Gasteiger partial charge < -0.3 is 23.7 Å². The smallest absolute Gasteiger partial charge is 0.338 e. The second-order valence-electron chi connectivity index (χ2n) is 9.75. The number of rotatable bonds is 9. The Bertz CT molecular complexity index is 1030. The highest BCUT2D eigenvalue weighted by atomic mass is 16.7. The molecule has 0 saturated carbocycles. The molecule has 0 radical (unpaired) electrons. The first-order valence-electron chi connectivity index (χ1n) is 11.6. The molecule has 1 heterocycles. The fraction of sp³-hybridized carbons (Fsp3) is 0.429. The van der Waals surface area contributed by atoms with Gasteiger partial charge in [-0.1, -0.05) is 44.7 Å². The number of hydrogen-bond donors (Lipinski definition) is 0. The molecule has 0 aliphatic carbocycles. The van der Waals surface area contributed by atoms with Gasteiger partial charge in [0.25, 0.3) is 0 Å². The summed E-state index contributed by atoms with van der Waals surface area (Å²) in [6, 6.07) is 14.9. The van der Waals surface area contributed by atoms with Crippen LogP contribution < -0.4 is 9.47 Å². The monoisotopic (exact) mass is 482 g/mol. The van der Waals surface area contributed by atoms with E-state index < -0.39 is 17.2 Å². The molecule has 1 fully saturated rings. The van der Waals surface area contributed by atoms with E-state index in [2.05, 4.69) is 6.58 Å². The summed E-state index contributed by atoms with van der Waals surface area (Å²) in [6.45, 7) is 13.6. The zero-order chi connectivity index (χ0) is 25.6. The van der Waals surface area contributed by atoms with Crippen LogP contribution in [0.3, 0.4) is 0 Å². The largest absolute Gasteiger partial charge is 0.493 e. The number of benzene rings is 2. The van der Waals surface area contributed by atoms with Crippen LogP contribution in [0.2, 0.25) is 0 Å². The molecule has 2 aromatic carbocycles. The predicted octanol–water partition coefficient (Wildman–Crippen LogP) is 5.18. The van der Waals surface area contributed by atoms with Gasteiger partial charge in [-0.25, -0.2) is 4.79 Å². The molecule has 0 unspecified atom stereocenters. The molecular weight excluding hydrogens is 448 g/mol. The van der Waals surface area contributed by atoms with Crippen molar-refractivity contribution in [1.29, 1.82) is 0 Å². The summed E-state index contributed by atoms with van der Waals surface area (Å²) in [4.78, 5) is 23.7. The van der Waals surface area contributed by atoms with Crippen molar-refractivity contribution in [3.8, 4) is 22.6 Å². The van der Waals surface area contributed by atoms with E-state index in [9.17, 15) is 9.59 Å². The molecule has 188 valence electrons. The van der Waals surface area contributed by atoms with Gasteiger partial charge in [0.2, 0.25) is 0 Å². The van der Waals surface area contributed by atoms with Gasteiger partial charge in [-0.15, -0.1) is 0 Å². The molecule has 1 aliphatic heterocycles. The highest BCUT2D eigenvalue weighted by molar-refractivity contribution is 5.88. The zero-order valence-electron chi connectivity index (χ0n) is 21.1. The normalized spacial score (nSPS) is 16.4. The molecule has 0 spiro atoms. The van der Waals surface area contributed by atoms with Crippen LogP contribution in [0, 0.1) is 11.3 Å². The lowest BCUT2D eigenvalue weighted by Gasteiger charge is -2.42. The summed E-state index contributed by atoms with van der Waals surface area (Å²) in [7, 11) is 0. The second kappa shape index (κ2) is 11.1. The SMILES string of the molecule is C=C(C)C(=O)Oc1ccc(-c2ccc(OCC3(COC(=O)C(C)C)COC(C)(C)OC3)cc2)cc1. The van der Waals surface area contributed by atoms with Crippen molar-refractivity contribution in [2.75, 3.05) is 26.4 Å². The van der Waals surface area contributed by atoms with Gasteiger partial charge in [0, 0.05) is 5.57 Å². The molecule has 1 aliphatic rings. The standard InChI is InChI=1S/C28H34O7/c1-19(2)25(29)32-16-28(17-33-27(5,6)34-18-28)15-31-23-11-7-21(8-12-23)22-9-13-24(14-10-22)35-26(30)20(3)4/h7-14,19H,3,15-18H2,1-2,4-6H3. The first kappa shape index (κ1) is 26.4. The van der Waals surface area contributed by atoms with Crippen LogP contribution in [-0.4, -0.2) is 44.2 Å². The van der Waals surface area contributed by atoms with E-state index in [-0.39, 0.29) is 25.1 Å². The maximum atomic E-state index is 12.0. The number of ether oxygens (including phenoxy) is 5. The Kier molecular flexibility index (Phi) is 8.35. The highest BCUT2D eigenvalue weighted by Crippen LogP contribution is 2.32. The minimum absolute atomic E-state index is 0.153. The first-order chi connectivity index (χ1) is 16.5. The lowest BCUT2D eigenvalue weighted by molar-refractivity contribution is -0.294. The quantitative estimate of drug-likeness (QED) is 0.277. The molecule has 35 heavy (non-hydrogen) atoms. The molecular formula is C28H34O7. The van der Waals surface area contributed by atoms with E-state index in [1.165, 1.54) is 0 Å². The Morgan fingerprint density at radius 1 is 0.914 bits per heavy atom. The number of carbonyl (C=O) groups excluding carboxylic acids is 2. The fourth-order valence-electron chi connectivity index (χ4n) is 3.23. The van der Waals surface area contributed by atoms with Crippen LogP contribution in [0.4, 0.5) is 0 Å². The Morgan fingerprint density at radius 3 is 1.91 bits per heavy atom. The molecule has 0 N–H and O–H groups in total. The number of carbonyl (C=O) groups is 2. The second-order valence-corrected chi connectivity index (χ2v) is 9.75. The first-order valence-corrected chi connectivity index (χ1v) is 11.6. The number of hydrogen-bond acceptors (Lipinski definition) is 7. The van der Waals surface area contributed by atoms with Crippen molar-refractivity contribution in [3.63, 3.8) is 0 Å². The summed E-state index contributed by atoms with van der Waals surface area (Å²) in [5.41, 5.74) is 1.71. The van der Waals surface area contributed by atoms with E-state index in [4.69, 9.17) is 23.7 Å². The average Bonchev–Trinajstić information content (AvgIpc) is 2.83. The molecule has 0 atom stereocenters. The minimum Gasteiger partial charge on any atom is -0.493 e. The third kappa shape index (κ3) is 7.41. The lowest BCUT2D eigenvalue weighted by Crippen LogP contribution is -2.52. The van der Waals surface area contributed by atoms with Crippen molar-refractivity contribution in [3.05, 3.63) is 60.7 Å². The number of esters is 2. The van der Waals surface area contributed by atoms with Crippen molar-refractivity contribution < 1.29 is 33.3 Å². The summed E-state index contributed by atoms with van der Waals surface area (Å²) in [5.74, 6) is -0.474. The fourth-order valence-corrected chi connectivity index (χ4v) is 3.23. The third-order valence-electron chi connectivity index (χ3n) is 5.59. The van der Waals surface area contributed by atoms with E-state index in [0.717, 1.165) is 11.1 Å². The topological polar surface area (TPSA) is 80.3 Å². The third-order valence-corrected chi connectivity index (χ3v) is 5.59. The van der Waals surface area contributed by atoms with Gasteiger partial charge >= 0.3 is 11.9 Å². The summed E-state index contributed by atoms with van der Waals surface area (Å²) >= 11 is 0. The Hall–Kier alpha value is -3.16. The van der Waals surface area contributed by atoms with Gasteiger partial charge in [-0.05, 0) is 56.2 Å². The molecule has 0 bridgehead atoms. The van der Waals surface area contributed by atoms with Crippen molar-refractivity contribution in [1.82, 2.24) is 0 Å². The van der Waals surface area contributed by atoms with Gasteiger partial charge in [0.05, 0.1) is 24.5 Å². The van der Waals surface area contributed by atoms with Crippen LogP contribution in [0.25, 0.3) is 11.1 Å². The Morgan fingerprint density at radius 2 is 1.43 bits per heavy atom. The minimum atomic E-state index is -0.689. The maximum Gasteiger partial charge on any atom is 0.338 e. The molecule has 7 nitrogen and oxygen atoms in total. The van der Waals surface area contributed by atoms with E-state index >= 15 is 0 Å². The van der Waals surface area contributed by atoms with Gasteiger partial charge in [-0.3, -0.25) is 4.79 Å². The van der Waals surface area contributed by atoms with Gasteiger partial charge in [0.1, 0.15) is 24.7 Å². The summed E-state index contributed by atoms with van der Waals surface area (Å²) in [5, 5.41) is 0. The average molecular weight is 483 g/mol. The molecule has 1 saturated heterocycles. The van der Waals surface area contributed by atoms with E-state index in [0.29, 0.717) is 30.3 Å². The molecule has 2 aromatic rings. The van der Waals surface area contributed by atoms with Crippen molar-refractivity contribution >= 4 is 11.9 Å². The molecule has 7 heteroatoms. The maximum absolute atomic E-state index is 12.0. The molecule has 0 amide bonds. The highest BCUT2D eigenvalue weighted by Gasteiger charge is 2.42. The van der Waals surface area contributed by atoms with Crippen molar-refractivity contribution in [2.45, 2.75) is 40.4 Å². The molecule has 0 aromatic heterocycles.